The van der Waals surface area contributed by atoms with Gasteiger partial charge >= 0.3 is 0 Å². The van der Waals surface area contributed by atoms with E-state index in [0.717, 1.165) is 18.2 Å². The lowest BCUT2D eigenvalue weighted by atomic mass is 10.2. The van der Waals surface area contributed by atoms with Crippen LogP contribution in [0.1, 0.15) is 0 Å². The first-order chi connectivity index (χ1) is 7.04. The molecular weight excluding hydrogens is 202 g/mol. The van der Waals surface area contributed by atoms with Crippen LogP contribution in [0.15, 0.2) is 18.2 Å². The molecule has 0 fully saturated rings. The Labute approximate surface area is 87.1 Å². The Hall–Kier alpha value is -1.20. The average molecular weight is 216 g/mol. The maximum atomic E-state index is 13.3. The van der Waals surface area contributed by atoms with Crippen LogP contribution in [0, 0.1) is 11.6 Å². The Morgan fingerprint density at radius 3 is 2.73 bits per heavy atom. The van der Waals surface area contributed by atoms with Gasteiger partial charge in [0.25, 0.3) is 0 Å². The molecule has 0 aliphatic rings. The van der Waals surface area contributed by atoms with Gasteiger partial charge in [0.15, 0.2) is 0 Å². The fourth-order valence-corrected chi connectivity index (χ4v) is 1.27. The highest BCUT2D eigenvalue weighted by molar-refractivity contribution is 5.47. The van der Waals surface area contributed by atoms with Crippen molar-refractivity contribution in [1.29, 1.82) is 0 Å². The molecule has 1 aromatic rings. The Morgan fingerprint density at radius 1 is 1.47 bits per heavy atom. The van der Waals surface area contributed by atoms with E-state index in [1.54, 1.807) is 7.05 Å². The quantitative estimate of drug-likeness (QED) is 0.779. The molecule has 1 unspecified atom stereocenters. The monoisotopic (exact) mass is 216 g/mol. The Morgan fingerprint density at radius 2 is 2.13 bits per heavy atom. The van der Waals surface area contributed by atoms with E-state index < -0.39 is 17.7 Å². The summed E-state index contributed by atoms with van der Waals surface area (Å²) in [6, 6.07) is 3.18. The summed E-state index contributed by atoms with van der Waals surface area (Å²) in [5.74, 6) is -1.04. The summed E-state index contributed by atoms with van der Waals surface area (Å²) in [7, 11) is 1.57. The number of aliphatic hydroxyl groups is 1. The van der Waals surface area contributed by atoms with Gasteiger partial charge in [-0.15, -0.1) is 0 Å². The molecule has 1 atom stereocenters. The number of likely N-dealkylation sites (N-methyl/N-ethyl adjacent to an activating group) is 1. The minimum absolute atomic E-state index is 0.0846. The second-order valence-electron chi connectivity index (χ2n) is 3.37. The molecule has 0 aliphatic heterocycles. The SMILES string of the molecule is CN(CC(O)CN)c1cc(F)ccc1F. The van der Waals surface area contributed by atoms with Gasteiger partial charge in [-0.25, -0.2) is 8.78 Å². The Bertz CT molecular complexity index is 333. The molecular formula is C10H14F2N2O. The lowest BCUT2D eigenvalue weighted by Crippen LogP contribution is -2.34. The number of hydrogen-bond donors (Lipinski definition) is 2. The smallest absolute Gasteiger partial charge is 0.146 e. The third-order valence-electron chi connectivity index (χ3n) is 2.08. The molecule has 3 N–H and O–H groups in total. The Balaban J connectivity index is 2.80. The Kier molecular flexibility index (Phi) is 3.99. The summed E-state index contributed by atoms with van der Waals surface area (Å²) in [5, 5.41) is 9.27. The highest BCUT2D eigenvalue weighted by Crippen LogP contribution is 2.19. The third kappa shape index (κ3) is 3.14. The molecule has 1 rings (SSSR count). The van der Waals surface area contributed by atoms with Crippen LogP contribution in [0.3, 0.4) is 0 Å². The molecule has 0 aliphatic carbocycles. The zero-order valence-corrected chi connectivity index (χ0v) is 8.45. The first-order valence-corrected chi connectivity index (χ1v) is 4.59. The van der Waals surface area contributed by atoms with Gasteiger partial charge in [-0.3, -0.25) is 0 Å². The molecule has 0 aromatic heterocycles. The number of aliphatic hydroxyl groups excluding tert-OH is 1. The van der Waals surface area contributed by atoms with Crippen molar-refractivity contribution in [3.05, 3.63) is 29.8 Å². The van der Waals surface area contributed by atoms with Gasteiger partial charge in [-0.05, 0) is 12.1 Å². The minimum atomic E-state index is -0.752. The van der Waals surface area contributed by atoms with Gasteiger partial charge in [-0.2, -0.15) is 0 Å². The number of nitrogens with two attached hydrogens (primary N) is 1. The lowest BCUT2D eigenvalue weighted by Gasteiger charge is -2.22. The van der Waals surface area contributed by atoms with Gasteiger partial charge in [0, 0.05) is 26.2 Å². The highest BCUT2D eigenvalue weighted by atomic mass is 19.1. The molecule has 0 saturated heterocycles. The lowest BCUT2D eigenvalue weighted by molar-refractivity contribution is 0.189. The summed E-state index contributed by atoms with van der Waals surface area (Å²) in [5.41, 5.74) is 5.34. The van der Waals surface area contributed by atoms with Crippen molar-refractivity contribution >= 4 is 5.69 Å². The maximum absolute atomic E-state index is 13.3. The van der Waals surface area contributed by atoms with E-state index in [1.165, 1.54) is 4.90 Å². The molecule has 0 amide bonds. The third-order valence-corrected chi connectivity index (χ3v) is 2.08. The summed E-state index contributed by atoms with van der Waals surface area (Å²) in [4.78, 5) is 1.43. The summed E-state index contributed by atoms with van der Waals surface area (Å²) in [6.45, 7) is 0.248. The predicted molar refractivity (Wildman–Crippen MR) is 54.7 cm³/mol. The fourth-order valence-electron chi connectivity index (χ4n) is 1.27. The molecule has 5 heteroatoms. The largest absolute Gasteiger partial charge is 0.390 e. The zero-order chi connectivity index (χ0) is 11.4. The van der Waals surface area contributed by atoms with Crippen molar-refractivity contribution in [3.8, 4) is 0 Å². The number of halogens is 2. The molecule has 0 spiro atoms. The standard InChI is InChI=1S/C10H14F2N2O/c1-14(6-8(15)5-13)10-4-7(11)2-3-9(10)12/h2-4,8,15H,5-6,13H2,1H3. The average Bonchev–Trinajstić information content (AvgIpc) is 2.21. The fraction of sp³-hybridized carbons (Fsp3) is 0.400. The van der Waals surface area contributed by atoms with Gasteiger partial charge in [0.2, 0.25) is 0 Å². The van der Waals surface area contributed by atoms with E-state index in [1.807, 2.05) is 0 Å². The van der Waals surface area contributed by atoms with Crippen LogP contribution in [0.5, 0.6) is 0 Å². The molecule has 3 nitrogen and oxygen atoms in total. The van der Waals surface area contributed by atoms with Crippen LogP contribution in [0.4, 0.5) is 14.5 Å². The number of rotatable bonds is 4. The number of nitrogens with zero attached hydrogens (tertiary/aromatic N) is 1. The zero-order valence-electron chi connectivity index (χ0n) is 8.45. The van der Waals surface area contributed by atoms with Crippen molar-refractivity contribution in [2.45, 2.75) is 6.10 Å². The second-order valence-corrected chi connectivity index (χ2v) is 3.37. The van der Waals surface area contributed by atoms with E-state index in [-0.39, 0.29) is 18.8 Å². The number of hydrogen-bond acceptors (Lipinski definition) is 3. The second kappa shape index (κ2) is 5.04. The number of anilines is 1. The van der Waals surface area contributed by atoms with Crippen molar-refractivity contribution in [1.82, 2.24) is 0 Å². The predicted octanol–water partition coefficient (Wildman–Crippen LogP) is 0.721. The van der Waals surface area contributed by atoms with Crippen molar-refractivity contribution < 1.29 is 13.9 Å². The first-order valence-electron chi connectivity index (χ1n) is 4.59. The van der Waals surface area contributed by atoms with E-state index in [9.17, 15) is 13.9 Å². The molecule has 15 heavy (non-hydrogen) atoms. The summed E-state index contributed by atoms with van der Waals surface area (Å²) >= 11 is 0. The van der Waals surface area contributed by atoms with Crippen LogP contribution in [0.2, 0.25) is 0 Å². The van der Waals surface area contributed by atoms with Gasteiger partial charge < -0.3 is 15.7 Å². The molecule has 84 valence electrons. The molecule has 0 heterocycles. The van der Waals surface area contributed by atoms with Gasteiger partial charge in [0.05, 0.1) is 11.8 Å². The number of benzene rings is 1. The minimum Gasteiger partial charge on any atom is -0.390 e. The molecule has 0 radical (unpaired) electrons. The maximum Gasteiger partial charge on any atom is 0.146 e. The van der Waals surface area contributed by atoms with Crippen LogP contribution < -0.4 is 10.6 Å². The van der Waals surface area contributed by atoms with Crippen LogP contribution in [-0.2, 0) is 0 Å². The first kappa shape index (κ1) is 11.9. The van der Waals surface area contributed by atoms with Gasteiger partial charge in [-0.1, -0.05) is 0 Å². The van der Waals surface area contributed by atoms with Crippen LogP contribution in [-0.4, -0.2) is 31.3 Å². The summed E-state index contributed by atoms with van der Waals surface area (Å²) < 4.78 is 26.1. The van der Waals surface area contributed by atoms with Crippen LogP contribution in [0.25, 0.3) is 0 Å². The van der Waals surface area contributed by atoms with E-state index >= 15 is 0 Å². The van der Waals surface area contributed by atoms with Gasteiger partial charge in [0.1, 0.15) is 11.6 Å². The normalized spacial score (nSPS) is 12.6. The molecule has 0 bridgehead atoms. The van der Waals surface area contributed by atoms with Crippen molar-refractivity contribution in [2.75, 3.05) is 25.0 Å². The van der Waals surface area contributed by atoms with Crippen molar-refractivity contribution in [3.63, 3.8) is 0 Å². The van der Waals surface area contributed by atoms with E-state index in [0.29, 0.717) is 0 Å². The van der Waals surface area contributed by atoms with Crippen molar-refractivity contribution in [2.24, 2.45) is 5.73 Å². The highest BCUT2D eigenvalue weighted by Gasteiger charge is 2.11. The topological polar surface area (TPSA) is 49.5 Å². The van der Waals surface area contributed by atoms with Crippen LogP contribution >= 0.6 is 0 Å². The van der Waals surface area contributed by atoms with E-state index in [4.69, 9.17) is 5.73 Å². The van der Waals surface area contributed by atoms with E-state index in [2.05, 4.69) is 0 Å². The molecule has 1 aromatic carbocycles. The summed E-state index contributed by atoms with van der Waals surface area (Å²) in [6.07, 6.45) is -0.752. The molecule has 0 saturated carbocycles.